The maximum Gasteiger partial charge on any atom is 0.152 e. The molecule has 0 amide bonds. The SMILES string of the molecule is Cc1cc2c(NCC3CN(Cc4ccccc4)CCCO3)nccn2n1. The maximum absolute atomic E-state index is 6.06. The van der Waals surface area contributed by atoms with Crippen LogP contribution in [0.5, 0.6) is 0 Å². The van der Waals surface area contributed by atoms with E-state index in [1.807, 2.05) is 23.7 Å². The highest BCUT2D eigenvalue weighted by molar-refractivity contribution is 5.67. The second kappa shape index (κ2) is 7.85. The van der Waals surface area contributed by atoms with Crippen molar-refractivity contribution >= 4 is 11.3 Å². The molecule has 1 aliphatic rings. The molecule has 1 atom stereocenters. The number of rotatable bonds is 5. The van der Waals surface area contributed by atoms with E-state index in [0.29, 0.717) is 0 Å². The van der Waals surface area contributed by atoms with Gasteiger partial charge in [-0.05, 0) is 25.0 Å². The van der Waals surface area contributed by atoms with Crippen molar-refractivity contribution in [1.82, 2.24) is 19.5 Å². The Bertz CT molecular complexity index is 848. The first-order chi connectivity index (χ1) is 12.8. The van der Waals surface area contributed by atoms with E-state index in [1.54, 1.807) is 6.20 Å². The average molecular weight is 351 g/mol. The lowest BCUT2D eigenvalue weighted by molar-refractivity contribution is 0.0625. The third-order valence-corrected chi connectivity index (χ3v) is 4.69. The summed E-state index contributed by atoms with van der Waals surface area (Å²) < 4.78 is 7.92. The molecule has 0 bridgehead atoms. The minimum atomic E-state index is 0.146. The van der Waals surface area contributed by atoms with Gasteiger partial charge in [0.15, 0.2) is 5.82 Å². The van der Waals surface area contributed by atoms with Gasteiger partial charge in [-0.3, -0.25) is 4.90 Å². The molecule has 3 heterocycles. The van der Waals surface area contributed by atoms with Crippen LogP contribution in [0.1, 0.15) is 17.7 Å². The van der Waals surface area contributed by atoms with Crippen molar-refractivity contribution in [3.63, 3.8) is 0 Å². The fourth-order valence-electron chi connectivity index (χ4n) is 3.47. The molecule has 1 unspecified atom stereocenters. The Morgan fingerprint density at radius 2 is 2.15 bits per heavy atom. The summed E-state index contributed by atoms with van der Waals surface area (Å²) in [6.45, 7) is 6.50. The molecule has 0 radical (unpaired) electrons. The Kier molecular flexibility index (Phi) is 5.13. The van der Waals surface area contributed by atoms with Gasteiger partial charge in [0, 0.05) is 45.2 Å². The molecular weight excluding hydrogens is 326 g/mol. The number of benzene rings is 1. The summed E-state index contributed by atoms with van der Waals surface area (Å²) in [5.74, 6) is 0.857. The Labute approximate surface area is 153 Å². The smallest absolute Gasteiger partial charge is 0.152 e. The highest BCUT2D eigenvalue weighted by atomic mass is 16.5. The lowest BCUT2D eigenvalue weighted by Gasteiger charge is -2.24. The molecule has 1 aromatic carbocycles. The molecule has 1 aliphatic heterocycles. The molecule has 1 fully saturated rings. The summed E-state index contributed by atoms with van der Waals surface area (Å²) in [4.78, 5) is 6.95. The third kappa shape index (κ3) is 4.03. The van der Waals surface area contributed by atoms with Crippen molar-refractivity contribution < 1.29 is 4.74 Å². The van der Waals surface area contributed by atoms with Crippen molar-refractivity contribution in [2.45, 2.75) is 26.0 Å². The van der Waals surface area contributed by atoms with Crippen LogP contribution in [-0.4, -0.2) is 51.8 Å². The first-order valence-corrected chi connectivity index (χ1v) is 9.21. The molecule has 136 valence electrons. The molecule has 3 aromatic rings. The van der Waals surface area contributed by atoms with E-state index >= 15 is 0 Å². The van der Waals surface area contributed by atoms with Crippen molar-refractivity contribution in [2.24, 2.45) is 0 Å². The van der Waals surface area contributed by atoms with Gasteiger partial charge in [-0.15, -0.1) is 0 Å². The predicted octanol–water partition coefficient (Wildman–Crippen LogP) is 2.74. The largest absolute Gasteiger partial charge is 0.375 e. The minimum Gasteiger partial charge on any atom is -0.375 e. The predicted molar refractivity (Wildman–Crippen MR) is 102 cm³/mol. The topological polar surface area (TPSA) is 54.7 Å². The van der Waals surface area contributed by atoms with E-state index in [9.17, 15) is 0 Å². The van der Waals surface area contributed by atoms with Crippen LogP contribution in [0.3, 0.4) is 0 Å². The van der Waals surface area contributed by atoms with Gasteiger partial charge in [0.2, 0.25) is 0 Å². The Hall–Kier alpha value is -2.44. The maximum atomic E-state index is 6.06. The molecule has 1 N–H and O–H groups in total. The molecule has 0 spiro atoms. The second-order valence-electron chi connectivity index (χ2n) is 6.84. The van der Waals surface area contributed by atoms with Crippen LogP contribution in [0, 0.1) is 6.92 Å². The molecular formula is C20H25N5O. The van der Waals surface area contributed by atoms with Crippen LogP contribution < -0.4 is 5.32 Å². The molecule has 4 rings (SSSR count). The van der Waals surface area contributed by atoms with Crippen LogP contribution in [0.15, 0.2) is 48.8 Å². The Balaban J connectivity index is 1.40. The summed E-state index contributed by atoms with van der Waals surface area (Å²) in [5, 5.41) is 7.90. The zero-order valence-corrected chi connectivity index (χ0v) is 15.1. The Morgan fingerprint density at radius 3 is 3.04 bits per heavy atom. The lowest BCUT2D eigenvalue weighted by atomic mass is 10.2. The van der Waals surface area contributed by atoms with E-state index in [-0.39, 0.29) is 6.10 Å². The van der Waals surface area contributed by atoms with E-state index in [2.05, 4.69) is 50.6 Å². The van der Waals surface area contributed by atoms with Gasteiger partial charge in [-0.2, -0.15) is 5.10 Å². The van der Waals surface area contributed by atoms with Gasteiger partial charge in [-0.1, -0.05) is 30.3 Å². The van der Waals surface area contributed by atoms with Crippen molar-refractivity contribution in [3.8, 4) is 0 Å². The zero-order chi connectivity index (χ0) is 17.8. The van der Waals surface area contributed by atoms with Crippen LogP contribution in [0.25, 0.3) is 5.52 Å². The molecule has 0 aliphatic carbocycles. The molecule has 26 heavy (non-hydrogen) atoms. The van der Waals surface area contributed by atoms with Crippen LogP contribution in [0.2, 0.25) is 0 Å². The zero-order valence-electron chi connectivity index (χ0n) is 15.1. The highest BCUT2D eigenvalue weighted by Crippen LogP contribution is 2.16. The van der Waals surface area contributed by atoms with Gasteiger partial charge in [0.25, 0.3) is 0 Å². The fraction of sp³-hybridized carbons (Fsp3) is 0.400. The monoisotopic (exact) mass is 351 g/mol. The number of ether oxygens (including phenoxy) is 1. The summed E-state index contributed by atoms with van der Waals surface area (Å²) in [6, 6.07) is 12.7. The third-order valence-electron chi connectivity index (χ3n) is 4.69. The standard InChI is InChI=1S/C20H25N5O/c1-16-12-19-20(21-8-10-25(19)23-16)22-13-18-15-24(9-5-11-26-18)14-17-6-3-2-4-7-17/h2-4,6-8,10,12,18H,5,9,11,13-15H2,1H3,(H,21,22). The Morgan fingerprint density at radius 1 is 1.27 bits per heavy atom. The highest BCUT2D eigenvalue weighted by Gasteiger charge is 2.19. The minimum absolute atomic E-state index is 0.146. The number of aryl methyl sites for hydroxylation is 1. The average Bonchev–Trinajstić information content (AvgIpc) is 2.90. The molecule has 1 saturated heterocycles. The van der Waals surface area contributed by atoms with Crippen LogP contribution in [0.4, 0.5) is 5.82 Å². The quantitative estimate of drug-likeness (QED) is 0.766. The normalized spacial score (nSPS) is 18.7. The van der Waals surface area contributed by atoms with Gasteiger partial charge in [0.1, 0.15) is 5.52 Å². The first-order valence-electron chi connectivity index (χ1n) is 9.21. The number of anilines is 1. The van der Waals surface area contributed by atoms with E-state index in [1.165, 1.54) is 5.56 Å². The summed E-state index contributed by atoms with van der Waals surface area (Å²) >= 11 is 0. The number of aromatic nitrogens is 3. The number of hydrogen-bond acceptors (Lipinski definition) is 5. The van der Waals surface area contributed by atoms with Crippen LogP contribution >= 0.6 is 0 Å². The molecule has 6 heteroatoms. The van der Waals surface area contributed by atoms with Gasteiger partial charge < -0.3 is 10.1 Å². The van der Waals surface area contributed by atoms with Gasteiger partial charge >= 0.3 is 0 Å². The van der Waals surface area contributed by atoms with Crippen molar-refractivity contribution in [2.75, 3.05) is 31.6 Å². The fourth-order valence-corrected chi connectivity index (χ4v) is 3.47. The summed E-state index contributed by atoms with van der Waals surface area (Å²) in [7, 11) is 0. The van der Waals surface area contributed by atoms with Gasteiger partial charge in [0.05, 0.1) is 11.8 Å². The van der Waals surface area contributed by atoms with E-state index in [4.69, 9.17) is 4.74 Å². The van der Waals surface area contributed by atoms with Gasteiger partial charge in [-0.25, -0.2) is 9.50 Å². The first kappa shape index (κ1) is 17.0. The second-order valence-corrected chi connectivity index (χ2v) is 6.84. The van der Waals surface area contributed by atoms with E-state index in [0.717, 1.165) is 56.2 Å². The number of fused-ring (bicyclic) bond motifs is 1. The summed E-state index contributed by atoms with van der Waals surface area (Å²) in [5.41, 5.74) is 3.34. The summed E-state index contributed by atoms with van der Waals surface area (Å²) in [6.07, 6.45) is 4.86. The molecule has 2 aromatic heterocycles. The van der Waals surface area contributed by atoms with E-state index < -0.39 is 0 Å². The number of nitrogens with zero attached hydrogens (tertiary/aromatic N) is 4. The van der Waals surface area contributed by atoms with Crippen molar-refractivity contribution in [1.29, 1.82) is 0 Å². The molecule has 0 saturated carbocycles. The lowest BCUT2D eigenvalue weighted by Crippen LogP contribution is -2.35. The number of nitrogens with one attached hydrogen (secondary N) is 1. The number of hydrogen-bond donors (Lipinski definition) is 1. The van der Waals surface area contributed by atoms with Crippen LogP contribution in [-0.2, 0) is 11.3 Å². The molecule has 6 nitrogen and oxygen atoms in total. The van der Waals surface area contributed by atoms with Crippen molar-refractivity contribution in [3.05, 3.63) is 60.0 Å².